The maximum Gasteiger partial charge on any atom is 0.245 e. The number of nitrogens with two attached hydrogens (primary N) is 4. The van der Waals surface area contributed by atoms with Crippen LogP contribution in [-0.2, 0) is 48.0 Å². The van der Waals surface area contributed by atoms with Gasteiger partial charge < -0.3 is 49.1 Å². The summed E-state index contributed by atoms with van der Waals surface area (Å²) in [5.41, 5.74) is 25.3. The van der Waals surface area contributed by atoms with Crippen LogP contribution in [0.5, 0.6) is 0 Å². The van der Waals surface area contributed by atoms with Gasteiger partial charge in [0.05, 0.1) is 6.04 Å². The van der Waals surface area contributed by atoms with E-state index >= 15 is 0 Å². The van der Waals surface area contributed by atoms with Crippen LogP contribution in [0.2, 0.25) is 0 Å². The number of rotatable bonds is 22. The molecule has 3 aromatic carbocycles. The summed E-state index contributed by atoms with van der Waals surface area (Å²) in [6, 6.07) is 21.2. The van der Waals surface area contributed by atoms with E-state index in [1.54, 1.807) is 24.3 Å². The lowest BCUT2D eigenvalue weighted by molar-refractivity contribution is -0.141. The van der Waals surface area contributed by atoms with E-state index in [2.05, 4.69) is 26.3 Å². The number of guanidine groups is 1. The summed E-state index contributed by atoms with van der Waals surface area (Å²) < 4.78 is 0. The Balaban J connectivity index is 1.57. The van der Waals surface area contributed by atoms with Crippen LogP contribution in [-0.4, -0.2) is 95.6 Å². The van der Waals surface area contributed by atoms with Crippen molar-refractivity contribution in [3.8, 4) is 0 Å². The minimum atomic E-state index is -1.19. The molecule has 16 nitrogen and oxygen atoms in total. The van der Waals surface area contributed by atoms with Gasteiger partial charge in [0.2, 0.25) is 35.4 Å². The van der Waals surface area contributed by atoms with Crippen LogP contribution in [0.1, 0.15) is 62.6 Å². The van der Waals surface area contributed by atoms with E-state index in [1.807, 2.05) is 80.6 Å². The first kappa shape index (κ1) is 46.4. The monoisotopic (exact) mass is 824 g/mol. The lowest BCUT2D eigenvalue weighted by atomic mass is 9.99. The number of nitrogens with one attached hydrogen (secondary N) is 4. The van der Waals surface area contributed by atoms with Crippen molar-refractivity contribution >= 4 is 41.4 Å². The van der Waals surface area contributed by atoms with Crippen molar-refractivity contribution in [3.63, 3.8) is 0 Å². The van der Waals surface area contributed by atoms with Crippen molar-refractivity contribution in [1.82, 2.24) is 26.2 Å². The molecule has 1 aliphatic rings. The first-order chi connectivity index (χ1) is 28.7. The molecule has 1 fully saturated rings. The highest BCUT2D eigenvalue weighted by Crippen LogP contribution is 2.20. The van der Waals surface area contributed by atoms with E-state index in [9.17, 15) is 28.8 Å². The van der Waals surface area contributed by atoms with Crippen molar-refractivity contribution in [3.05, 3.63) is 108 Å². The molecule has 16 heteroatoms. The number of aliphatic imine (C=N–C) groups is 1. The fourth-order valence-electron chi connectivity index (χ4n) is 7.16. The highest BCUT2D eigenvalue weighted by molar-refractivity contribution is 5.97. The Labute approximate surface area is 351 Å². The largest absolute Gasteiger partial charge is 0.370 e. The third kappa shape index (κ3) is 14.8. The summed E-state index contributed by atoms with van der Waals surface area (Å²) >= 11 is 0. The predicted octanol–water partition coefficient (Wildman–Crippen LogP) is 0.557. The van der Waals surface area contributed by atoms with Crippen LogP contribution in [0.25, 0.3) is 0 Å². The quantitative estimate of drug-likeness (QED) is 0.0399. The molecular formula is C44H60N10O6. The number of primary amides is 1. The number of benzene rings is 3. The molecule has 0 aliphatic carbocycles. The molecule has 0 radical (unpaired) electrons. The zero-order valence-electron chi connectivity index (χ0n) is 34.4. The summed E-state index contributed by atoms with van der Waals surface area (Å²) in [7, 11) is 0. The molecule has 0 bridgehead atoms. The molecule has 0 unspecified atom stereocenters. The molecule has 3 aromatic rings. The van der Waals surface area contributed by atoms with Gasteiger partial charge in [-0.25, -0.2) is 0 Å². The highest BCUT2D eigenvalue weighted by atomic mass is 16.2. The van der Waals surface area contributed by atoms with Crippen LogP contribution >= 0.6 is 0 Å². The van der Waals surface area contributed by atoms with Crippen molar-refractivity contribution in [2.75, 3.05) is 13.1 Å². The SMILES string of the molecule is CC(C)C[C@H](NC(=O)[C@H](Cc1ccccc1)NC(=O)[C@@H](N)Cc1ccccc1)C(=O)N[C@@H](Cc1ccccc1)C(=O)N[C@@H](CCCN=C(N)N)C(=O)N1CCC[C@H]1C(N)=O. The van der Waals surface area contributed by atoms with Gasteiger partial charge in [0.1, 0.15) is 30.2 Å². The van der Waals surface area contributed by atoms with Crippen molar-refractivity contribution in [1.29, 1.82) is 0 Å². The molecule has 1 heterocycles. The second kappa shape index (κ2) is 23.3. The zero-order valence-corrected chi connectivity index (χ0v) is 34.4. The third-order valence-corrected chi connectivity index (χ3v) is 10.2. The summed E-state index contributed by atoms with van der Waals surface area (Å²) in [6.07, 6.45) is 2.05. The van der Waals surface area contributed by atoms with Crippen molar-refractivity contribution < 1.29 is 28.8 Å². The van der Waals surface area contributed by atoms with E-state index in [-0.39, 0.29) is 57.1 Å². The van der Waals surface area contributed by atoms with Gasteiger partial charge in [0, 0.05) is 25.9 Å². The number of nitrogens with zero attached hydrogens (tertiary/aromatic N) is 2. The van der Waals surface area contributed by atoms with Crippen LogP contribution in [0.3, 0.4) is 0 Å². The summed E-state index contributed by atoms with van der Waals surface area (Å²) in [6.45, 7) is 4.26. The molecule has 60 heavy (non-hydrogen) atoms. The molecule has 0 spiro atoms. The van der Waals surface area contributed by atoms with Crippen LogP contribution in [0.4, 0.5) is 0 Å². The Morgan fingerprint density at radius 2 is 1.10 bits per heavy atom. The normalized spacial score (nSPS) is 16.1. The van der Waals surface area contributed by atoms with Crippen LogP contribution in [0.15, 0.2) is 96.0 Å². The van der Waals surface area contributed by atoms with Gasteiger partial charge >= 0.3 is 0 Å². The molecule has 6 atom stereocenters. The number of hydrogen-bond donors (Lipinski definition) is 8. The fourth-order valence-corrected chi connectivity index (χ4v) is 7.16. The van der Waals surface area contributed by atoms with Crippen molar-refractivity contribution in [2.24, 2.45) is 33.8 Å². The summed E-state index contributed by atoms with van der Waals surface area (Å²) in [5, 5.41) is 11.3. The summed E-state index contributed by atoms with van der Waals surface area (Å²) in [5.74, 6) is -3.75. The molecule has 12 N–H and O–H groups in total. The number of amides is 6. The average molecular weight is 825 g/mol. The number of carbonyl (C=O) groups excluding carboxylic acids is 6. The molecule has 0 saturated carbocycles. The molecule has 1 aliphatic heterocycles. The number of likely N-dealkylation sites (tertiary alicyclic amines) is 1. The second-order valence-corrected chi connectivity index (χ2v) is 15.6. The first-order valence-corrected chi connectivity index (χ1v) is 20.5. The number of hydrogen-bond acceptors (Lipinski definition) is 8. The highest BCUT2D eigenvalue weighted by Gasteiger charge is 2.38. The lowest BCUT2D eigenvalue weighted by Gasteiger charge is -2.30. The second-order valence-electron chi connectivity index (χ2n) is 15.6. The zero-order chi connectivity index (χ0) is 43.6. The van der Waals surface area contributed by atoms with E-state index in [1.165, 1.54) is 4.90 Å². The molecule has 1 saturated heterocycles. The minimum absolute atomic E-state index is 0.0509. The molecule has 4 rings (SSSR count). The predicted molar refractivity (Wildman–Crippen MR) is 229 cm³/mol. The Morgan fingerprint density at radius 1 is 0.650 bits per heavy atom. The molecule has 6 amide bonds. The Morgan fingerprint density at radius 3 is 1.58 bits per heavy atom. The first-order valence-electron chi connectivity index (χ1n) is 20.5. The standard InChI is InChI=1S/C44H60N10O6/c1-28(2)24-34(52-42(59)35(26-30-16-8-4-9-17-30)51-39(56)32(45)25-29-14-6-3-7-15-29)40(57)53-36(27-31-18-10-5-11-19-31)41(58)50-33(20-12-22-49-44(47)48)43(60)54-23-13-21-37(54)38(46)55/h3-11,14-19,28,32-37H,12-13,20-27,45H2,1-2H3,(H2,46,55)(H,50,58)(H,51,56)(H,52,59)(H,53,57)(H4,47,48,49)/t32-,33-,34-,35-,36-,37-/m0/s1. The van der Waals surface area contributed by atoms with Crippen LogP contribution in [0, 0.1) is 5.92 Å². The maximum atomic E-state index is 14.3. The van der Waals surface area contributed by atoms with Gasteiger partial charge in [-0.2, -0.15) is 0 Å². The fraction of sp³-hybridized carbons (Fsp3) is 0.432. The topological polar surface area (TPSA) is 270 Å². The number of carbonyl (C=O) groups is 6. The maximum absolute atomic E-state index is 14.3. The van der Waals surface area contributed by atoms with Gasteiger partial charge in [-0.3, -0.25) is 33.8 Å². The Hall–Kier alpha value is -6.29. The van der Waals surface area contributed by atoms with Gasteiger partial charge in [-0.1, -0.05) is 105 Å². The van der Waals surface area contributed by atoms with E-state index in [4.69, 9.17) is 22.9 Å². The van der Waals surface area contributed by atoms with Gasteiger partial charge in [-0.05, 0) is 61.1 Å². The third-order valence-electron chi connectivity index (χ3n) is 10.2. The summed E-state index contributed by atoms with van der Waals surface area (Å²) in [4.78, 5) is 87.6. The van der Waals surface area contributed by atoms with E-state index in [0.29, 0.717) is 19.3 Å². The van der Waals surface area contributed by atoms with Gasteiger partial charge in [0.25, 0.3) is 0 Å². The van der Waals surface area contributed by atoms with Gasteiger partial charge in [0.15, 0.2) is 5.96 Å². The van der Waals surface area contributed by atoms with Gasteiger partial charge in [-0.15, -0.1) is 0 Å². The van der Waals surface area contributed by atoms with E-state index < -0.39 is 71.7 Å². The van der Waals surface area contributed by atoms with Crippen LogP contribution < -0.4 is 44.2 Å². The Bertz CT molecular complexity index is 1910. The Kier molecular flexibility index (Phi) is 18.0. The van der Waals surface area contributed by atoms with E-state index in [0.717, 1.165) is 16.7 Å². The minimum Gasteiger partial charge on any atom is -0.370 e. The lowest BCUT2D eigenvalue weighted by Crippen LogP contribution is -2.60. The van der Waals surface area contributed by atoms with Crippen molar-refractivity contribution in [2.45, 2.75) is 101 Å². The average Bonchev–Trinajstić information content (AvgIpc) is 3.72. The molecular weight excluding hydrogens is 765 g/mol. The molecule has 0 aromatic heterocycles. The smallest absolute Gasteiger partial charge is 0.245 e. The molecule has 322 valence electrons.